The second-order valence-electron chi connectivity index (χ2n) is 7.89. The number of guanidine groups is 2. The highest BCUT2D eigenvalue weighted by Crippen LogP contribution is 2.29. The van der Waals surface area contributed by atoms with Crippen LogP contribution in [-0.2, 0) is 6.54 Å². The molecule has 2 aromatic carbocycles. The van der Waals surface area contributed by atoms with Gasteiger partial charge in [0.2, 0.25) is 11.9 Å². The van der Waals surface area contributed by atoms with Crippen LogP contribution in [0.25, 0.3) is 0 Å². The summed E-state index contributed by atoms with van der Waals surface area (Å²) in [5.74, 6) is 1.52. The van der Waals surface area contributed by atoms with Crippen LogP contribution in [0.15, 0.2) is 81.9 Å². The highest BCUT2D eigenvalue weighted by Gasteiger charge is 2.23. The maximum absolute atomic E-state index is 5.98. The Kier molecular flexibility index (Phi) is 6.74. The standard InChI is InChI=1S/C24H29N7/c25-23(30-24(26)29-22-8-4-5-14-27-22)28-21-11-9-19(10-12-21)20-13-15-31(17-20)16-18-6-2-1-3-7-18/h1-3,5-7,9-12,14,20H,4,8,13,15-17H2,(H5,25,26,27,28,29,30). The first-order valence-electron chi connectivity index (χ1n) is 10.7. The number of nitrogens with two attached hydrogens (primary N) is 2. The van der Waals surface area contributed by atoms with Crippen LogP contribution in [0.5, 0.6) is 0 Å². The number of nitrogens with one attached hydrogen (secondary N) is 1. The summed E-state index contributed by atoms with van der Waals surface area (Å²) in [7, 11) is 0. The Morgan fingerprint density at radius 1 is 1.10 bits per heavy atom. The van der Waals surface area contributed by atoms with Crippen LogP contribution in [0.1, 0.15) is 36.3 Å². The van der Waals surface area contributed by atoms with Crippen molar-refractivity contribution >= 4 is 23.4 Å². The zero-order chi connectivity index (χ0) is 21.5. The van der Waals surface area contributed by atoms with E-state index < -0.39 is 0 Å². The first-order valence-corrected chi connectivity index (χ1v) is 10.7. The van der Waals surface area contributed by atoms with E-state index in [0.29, 0.717) is 11.8 Å². The van der Waals surface area contributed by atoms with Gasteiger partial charge in [-0.3, -0.25) is 4.90 Å². The zero-order valence-corrected chi connectivity index (χ0v) is 17.6. The summed E-state index contributed by atoms with van der Waals surface area (Å²) in [5, 5.41) is 3.07. The second-order valence-corrected chi connectivity index (χ2v) is 7.89. The van der Waals surface area contributed by atoms with Crippen LogP contribution in [0, 0.1) is 0 Å². The monoisotopic (exact) mass is 415 g/mol. The van der Waals surface area contributed by atoms with Crippen molar-refractivity contribution in [1.29, 1.82) is 0 Å². The topological polar surface area (TPSA) is 104 Å². The molecule has 7 heteroatoms. The largest absolute Gasteiger partial charge is 0.369 e. The molecule has 1 unspecified atom stereocenters. The number of anilines is 1. The number of nitrogens with zero attached hydrogens (tertiary/aromatic N) is 4. The van der Waals surface area contributed by atoms with Gasteiger partial charge >= 0.3 is 0 Å². The smallest absolute Gasteiger partial charge is 0.225 e. The van der Waals surface area contributed by atoms with Crippen LogP contribution in [-0.4, -0.2) is 35.7 Å². The van der Waals surface area contributed by atoms with Crippen molar-refractivity contribution in [2.45, 2.75) is 31.7 Å². The minimum atomic E-state index is 0.0973. The van der Waals surface area contributed by atoms with E-state index in [-0.39, 0.29) is 11.9 Å². The molecule has 5 N–H and O–H groups in total. The van der Waals surface area contributed by atoms with Crippen LogP contribution >= 0.6 is 0 Å². The van der Waals surface area contributed by atoms with E-state index in [1.54, 1.807) is 6.20 Å². The molecule has 2 aliphatic rings. The molecular weight excluding hydrogens is 386 g/mol. The fraction of sp³-hybridized carbons (Fsp3) is 0.292. The normalized spacial score (nSPS) is 20.0. The molecule has 160 valence electrons. The first-order chi connectivity index (χ1) is 15.2. The number of rotatable bonds is 4. The highest BCUT2D eigenvalue weighted by molar-refractivity contribution is 6.04. The number of likely N-dealkylation sites (tertiary alicyclic amines) is 1. The molecule has 31 heavy (non-hydrogen) atoms. The summed E-state index contributed by atoms with van der Waals surface area (Å²) in [4.78, 5) is 15.0. The molecule has 1 saturated heterocycles. The maximum atomic E-state index is 5.98. The van der Waals surface area contributed by atoms with Gasteiger partial charge in [0.25, 0.3) is 0 Å². The lowest BCUT2D eigenvalue weighted by atomic mass is 9.98. The Labute approximate surface area is 183 Å². The minimum absolute atomic E-state index is 0.0973. The fourth-order valence-corrected chi connectivity index (χ4v) is 3.96. The van der Waals surface area contributed by atoms with E-state index in [9.17, 15) is 0 Å². The van der Waals surface area contributed by atoms with Crippen LogP contribution in [0.4, 0.5) is 5.69 Å². The molecular formula is C24H29N7. The predicted molar refractivity (Wildman–Crippen MR) is 128 cm³/mol. The second kappa shape index (κ2) is 10.0. The molecule has 1 fully saturated rings. The first kappa shape index (κ1) is 20.8. The van der Waals surface area contributed by atoms with Gasteiger partial charge < -0.3 is 16.8 Å². The maximum Gasteiger partial charge on any atom is 0.225 e. The van der Waals surface area contributed by atoms with E-state index in [0.717, 1.165) is 38.2 Å². The van der Waals surface area contributed by atoms with Gasteiger partial charge in [0, 0.05) is 31.4 Å². The third-order valence-corrected chi connectivity index (χ3v) is 5.52. The molecule has 0 saturated carbocycles. The molecule has 2 aliphatic heterocycles. The summed E-state index contributed by atoms with van der Waals surface area (Å²) < 4.78 is 0. The van der Waals surface area contributed by atoms with Gasteiger partial charge in [-0.1, -0.05) is 48.5 Å². The molecule has 1 atom stereocenters. The van der Waals surface area contributed by atoms with Crippen molar-refractivity contribution in [3.05, 3.63) is 78.0 Å². The Balaban J connectivity index is 1.31. The SMILES string of the molecule is NC(=NC1=NC=CCC1)N=C(N)Nc1ccc(C2CCN(Cc3ccccc3)C2)cc1. The number of benzene rings is 2. The summed E-state index contributed by atoms with van der Waals surface area (Å²) in [6.07, 6.45) is 6.56. The number of hydrogen-bond acceptors (Lipinski definition) is 3. The van der Waals surface area contributed by atoms with Gasteiger partial charge in [-0.05, 0) is 48.6 Å². The molecule has 7 nitrogen and oxygen atoms in total. The van der Waals surface area contributed by atoms with Gasteiger partial charge in [-0.15, -0.1) is 0 Å². The van der Waals surface area contributed by atoms with Crippen molar-refractivity contribution in [3.8, 4) is 0 Å². The van der Waals surface area contributed by atoms with Gasteiger partial charge in [0.15, 0.2) is 0 Å². The minimum Gasteiger partial charge on any atom is -0.369 e. The third kappa shape index (κ3) is 6.02. The molecule has 2 heterocycles. The number of amidine groups is 1. The van der Waals surface area contributed by atoms with E-state index in [4.69, 9.17) is 11.5 Å². The lowest BCUT2D eigenvalue weighted by Gasteiger charge is -2.16. The summed E-state index contributed by atoms with van der Waals surface area (Å²) >= 11 is 0. The number of allylic oxidation sites excluding steroid dienone is 1. The molecule has 0 bridgehead atoms. The Morgan fingerprint density at radius 3 is 2.65 bits per heavy atom. The lowest BCUT2D eigenvalue weighted by molar-refractivity contribution is 0.327. The van der Waals surface area contributed by atoms with Crippen LogP contribution in [0.2, 0.25) is 0 Å². The van der Waals surface area contributed by atoms with Crippen molar-refractivity contribution in [3.63, 3.8) is 0 Å². The summed E-state index contributed by atoms with van der Waals surface area (Å²) in [6.45, 7) is 3.21. The van der Waals surface area contributed by atoms with E-state index in [1.165, 1.54) is 17.5 Å². The van der Waals surface area contributed by atoms with Crippen LogP contribution in [0.3, 0.4) is 0 Å². The Bertz CT molecular complexity index is 990. The highest BCUT2D eigenvalue weighted by atomic mass is 15.2. The number of aliphatic imine (C=N–C) groups is 3. The summed E-state index contributed by atoms with van der Waals surface area (Å²) in [5.41, 5.74) is 15.4. The molecule has 4 rings (SSSR count). The predicted octanol–water partition coefficient (Wildman–Crippen LogP) is 3.42. The Morgan fingerprint density at radius 2 is 1.90 bits per heavy atom. The molecule has 2 aromatic rings. The Hall–Kier alpha value is -3.45. The van der Waals surface area contributed by atoms with Crippen molar-refractivity contribution in [2.24, 2.45) is 26.4 Å². The van der Waals surface area contributed by atoms with Gasteiger partial charge in [0.1, 0.15) is 5.84 Å². The number of hydrogen-bond donors (Lipinski definition) is 3. The zero-order valence-electron chi connectivity index (χ0n) is 17.6. The van der Waals surface area contributed by atoms with E-state index >= 15 is 0 Å². The molecule has 0 radical (unpaired) electrons. The van der Waals surface area contributed by atoms with Crippen molar-refractivity contribution in [1.82, 2.24) is 4.90 Å². The van der Waals surface area contributed by atoms with Crippen molar-refractivity contribution < 1.29 is 0 Å². The van der Waals surface area contributed by atoms with E-state index in [1.807, 2.05) is 18.2 Å². The van der Waals surface area contributed by atoms with Crippen LogP contribution < -0.4 is 16.8 Å². The van der Waals surface area contributed by atoms with Crippen molar-refractivity contribution in [2.75, 3.05) is 18.4 Å². The molecule has 0 aromatic heterocycles. The van der Waals surface area contributed by atoms with Gasteiger partial charge in [-0.2, -0.15) is 9.98 Å². The van der Waals surface area contributed by atoms with Gasteiger partial charge in [-0.25, -0.2) is 4.99 Å². The van der Waals surface area contributed by atoms with E-state index in [2.05, 4.69) is 67.7 Å². The van der Waals surface area contributed by atoms with Gasteiger partial charge in [0.05, 0.1) is 0 Å². The fourth-order valence-electron chi connectivity index (χ4n) is 3.96. The third-order valence-electron chi connectivity index (χ3n) is 5.52. The quantitative estimate of drug-likeness (QED) is 0.526. The molecule has 0 aliphatic carbocycles. The lowest BCUT2D eigenvalue weighted by Crippen LogP contribution is -2.26. The molecule has 0 amide bonds. The average molecular weight is 416 g/mol. The molecule has 0 spiro atoms. The summed E-state index contributed by atoms with van der Waals surface area (Å²) in [6, 6.07) is 19.0. The average Bonchev–Trinajstić information content (AvgIpc) is 3.24.